The lowest BCUT2D eigenvalue weighted by Gasteiger charge is -2.00. The van der Waals surface area contributed by atoms with Crippen molar-refractivity contribution < 1.29 is 9.90 Å². The summed E-state index contributed by atoms with van der Waals surface area (Å²) < 4.78 is 0.995. The maximum absolute atomic E-state index is 10.6. The molecule has 0 aliphatic heterocycles. The molecule has 0 aromatic carbocycles. The van der Waals surface area contributed by atoms with Crippen LogP contribution in [0.2, 0.25) is 0 Å². The van der Waals surface area contributed by atoms with Crippen molar-refractivity contribution in [2.24, 2.45) is 5.92 Å². The molecule has 0 spiro atoms. The van der Waals surface area contributed by atoms with Crippen LogP contribution in [-0.4, -0.2) is 21.8 Å². The monoisotopic (exact) mass is 259 g/mol. The van der Waals surface area contributed by atoms with E-state index >= 15 is 0 Å². The van der Waals surface area contributed by atoms with Crippen LogP contribution in [0.15, 0.2) is 4.34 Å². The highest BCUT2D eigenvalue weighted by Gasteiger charge is 2.11. The first-order chi connectivity index (χ1) is 7.49. The summed E-state index contributed by atoms with van der Waals surface area (Å²) in [5, 5.41) is 8.72. The fourth-order valence-corrected chi connectivity index (χ4v) is 3.68. The van der Waals surface area contributed by atoms with E-state index in [1.807, 2.05) is 6.92 Å². The van der Waals surface area contributed by atoms with E-state index in [2.05, 4.69) is 18.8 Å². The van der Waals surface area contributed by atoms with E-state index in [-0.39, 0.29) is 6.42 Å². The molecular weight excluding hydrogens is 242 g/mol. The number of hydrogen-bond donors (Lipinski definition) is 1. The van der Waals surface area contributed by atoms with Crippen LogP contribution in [0.5, 0.6) is 0 Å². The van der Waals surface area contributed by atoms with Crippen LogP contribution in [0, 0.1) is 12.8 Å². The predicted molar refractivity (Wildman–Crippen MR) is 68.4 cm³/mol. The van der Waals surface area contributed by atoms with Gasteiger partial charge >= 0.3 is 5.97 Å². The van der Waals surface area contributed by atoms with E-state index in [0.29, 0.717) is 5.92 Å². The van der Waals surface area contributed by atoms with Crippen molar-refractivity contribution in [2.75, 3.05) is 5.75 Å². The molecule has 0 atom stereocenters. The SMILES string of the molecule is Cc1nc(SCCC(C)C)sc1CC(=O)O. The van der Waals surface area contributed by atoms with Crippen LogP contribution < -0.4 is 0 Å². The van der Waals surface area contributed by atoms with E-state index in [1.54, 1.807) is 11.8 Å². The fourth-order valence-electron chi connectivity index (χ4n) is 1.15. The number of aliphatic carboxylic acids is 1. The van der Waals surface area contributed by atoms with E-state index in [4.69, 9.17) is 5.11 Å². The molecule has 0 fully saturated rings. The number of thiazole rings is 1. The Morgan fingerprint density at radius 1 is 1.56 bits per heavy atom. The Bertz CT molecular complexity index is 361. The lowest BCUT2D eigenvalue weighted by Crippen LogP contribution is -1.99. The number of nitrogens with zero attached hydrogens (tertiary/aromatic N) is 1. The van der Waals surface area contributed by atoms with Crippen LogP contribution in [-0.2, 0) is 11.2 Å². The Balaban J connectivity index is 2.52. The minimum atomic E-state index is -0.787. The van der Waals surface area contributed by atoms with Gasteiger partial charge in [0.25, 0.3) is 0 Å². The molecule has 1 rings (SSSR count). The first-order valence-corrected chi connectivity index (χ1v) is 7.10. The number of rotatable bonds is 6. The molecule has 1 aromatic heterocycles. The van der Waals surface area contributed by atoms with Gasteiger partial charge in [0.15, 0.2) is 0 Å². The zero-order valence-corrected chi connectivity index (χ0v) is 11.5. The maximum atomic E-state index is 10.6. The van der Waals surface area contributed by atoms with Crippen LogP contribution in [0.4, 0.5) is 0 Å². The second-order valence-corrected chi connectivity index (χ2v) is 6.52. The number of carboxylic acids is 1. The average Bonchev–Trinajstić information content (AvgIpc) is 2.45. The largest absolute Gasteiger partial charge is 0.481 e. The van der Waals surface area contributed by atoms with Crippen LogP contribution >= 0.6 is 23.1 Å². The molecule has 0 radical (unpaired) electrons. The van der Waals surface area contributed by atoms with Crippen LogP contribution in [0.3, 0.4) is 0 Å². The average molecular weight is 259 g/mol. The first-order valence-electron chi connectivity index (χ1n) is 5.30. The van der Waals surface area contributed by atoms with Gasteiger partial charge in [0.05, 0.1) is 12.1 Å². The zero-order valence-electron chi connectivity index (χ0n) is 9.82. The normalized spacial score (nSPS) is 11.0. The van der Waals surface area contributed by atoms with Gasteiger partial charge in [-0.05, 0) is 19.3 Å². The van der Waals surface area contributed by atoms with Gasteiger partial charge in [-0.2, -0.15) is 0 Å². The smallest absolute Gasteiger partial charge is 0.308 e. The molecule has 0 amide bonds. The molecule has 0 unspecified atom stereocenters. The number of carboxylic acid groups (broad SMARTS) is 1. The molecule has 0 aliphatic carbocycles. The first kappa shape index (κ1) is 13.5. The minimum absolute atomic E-state index is 0.0915. The Morgan fingerprint density at radius 2 is 2.25 bits per heavy atom. The van der Waals surface area contributed by atoms with Gasteiger partial charge in [-0.25, -0.2) is 4.98 Å². The lowest BCUT2D eigenvalue weighted by molar-refractivity contribution is -0.136. The molecule has 0 aliphatic rings. The molecule has 1 heterocycles. The molecule has 0 bridgehead atoms. The third kappa shape index (κ3) is 4.53. The molecule has 0 saturated heterocycles. The second kappa shape index (κ2) is 6.25. The summed E-state index contributed by atoms with van der Waals surface area (Å²) in [6.07, 6.45) is 1.26. The number of thioether (sulfide) groups is 1. The highest BCUT2D eigenvalue weighted by Crippen LogP contribution is 2.28. The predicted octanol–water partition coefficient (Wildman–Crippen LogP) is 3.22. The van der Waals surface area contributed by atoms with Crippen molar-refractivity contribution in [3.8, 4) is 0 Å². The van der Waals surface area contributed by atoms with E-state index in [1.165, 1.54) is 11.3 Å². The number of aromatic nitrogens is 1. The van der Waals surface area contributed by atoms with Crippen molar-refractivity contribution in [2.45, 2.75) is 38.0 Å². The highest BCUT2D eigenvalue weighted by molar-refractivity contribution is 8.01. The molecule has 1 N–H and O–H groups in total. The maximum Gasteiger partial charge on any atom is 0.308 e. The van der Waals surface area contributed by atoms with Gasteiger partial charge in [0.2, 0.25) is 0 Å². The third-order valence-electron chi connectivity index (χ3n) is 2.11. The Kier molecular flexibility index (Phi) is 5.28. The molecule has 90 valence electrons. The zero-order chi connectivity index (χ0) is 12.1. The van der Waals surface area contributed by atoms with Crippen molar-refractivity contribution in [3.05, 3.63) is 10.6 Å². The summed E-state index contributed by atoms with van der Waals surface area (Å²) in [6, 6.07) is 0. The Labute approximate surface area is 104 Å². The Morgan fingerprint density at radius 3 is 2.81 bits per heavy atom. The third-order valence-corrected chi connectivity index (χ3v) is 4.44. The van der Waals surface area contributed by atoms with Crippen molar-refractivity contribution in [1.82, 2.24) is 4.98 Å². The topological polar surface area (TPSA) is 50.2 Å². The number of carbonyl (C=O) groups is 1. The summed E-state index contributed by atoms with van der Waals surface area (Å²) in [4.78, 5) is 15.9. The minimum Gasteiger partial charge on any atom is -0.481 e. The standard InChI is InChI=1S/C11H17NO2S2/c1-7(2)4-5-15-11-12-8(3)9(16-11)6-10(13)14/h7H,4-6H2,1-3H3,(H,13,14). The summed E-state index contributed by atoms with van der Waals surface area (Å²) in [5.74, 6) is 0.967. The quantitative estimate of drug-likeness (QED) is 0.797. The van der Waals surface area contributed by atoms with Crippen molar-refractivity contribution in [3.63, 3.8) is 0 Å². The van der Waals surface area contributed by atoms with Crippen LogP contribution in [0.25, 0.3) is 0 Å². The van der Waals surface area contributed by atoms with Crippen molar-refractivity contribution >= 4 is 29.1 Å². The van der Waals surface area contributed by atoms with E-state index < -0.39 is 5.97 Å². The van der Waals surface area contributed by atoms with Gasteiger partial charge in [0, 0.05) is 10.6 Å². The fraction of sp³-hybridized carbons (Fsp3) is 0.636. The van der Waals surface area contributed by atoms with Crippen molar-refractivity contribution in [1.29, 1.82) is 0 Å². The molecule has 5 heteroatoms. The summed E-state index contributed by atoms with van der Waals surface area (Å²) in [5.41, 5.74) is 0.861. The molecule has 3 nitrogen and oxygen atoms in total. The highest BCUT2D eigenvalue weighted by atomic mass is 32.2. The van der Waals surface area contributed by atoms with Gasteiger partial charge < -0.3 is 5.11 Å². The van der Waals surface area contributed by atoms with Gasteiger partial charge in [-0.1, -0.05) is 25.6 Å². The molecular formula is C11H17NO2S2. The second-order valence-electron chi connectivity index (χ2n) is 4.09. The molecule has 0 saturated carbocycles. The molecule has 1 aromatic rings. The van der Waals surface area contributed by atoms with Gasteiger partial charge in [-0.15, -0.1) is 11.3 Å². The van der Waals surface area contributed by atoms with E-state index in [0.717, 1.165) is 27.1 Å². The number of hydrogen-bond acceptors (Lipinski definition) is 4. The van der Waals surface area contributed by atoms with Crippen LogP contribution in [0.1, 0.15) is 30.8 Å². The lowest BCUT2D eigenvalue weighted by atomic mass is 10.2. The number of aryl methyl sites for hydroxylation is 1. The van der Waals surface area contributed by atoms with Gasteiger partial charge in [0.1, 0.15) is 4.34 Å². The van der Waals surface area contributed by atoms with Gasteiger partial charge in [-0.3, -0.25) is 4.79 Å². The van der Waals surface area contributed by atoms with E-state index in [9.17, 15) is 4.79 Å². The molecule has 16 heavy (non-hydrogen) atoms. The Hall–Kier alpha value is -0.550. The summed E-state index contributed by atoms with van der Waals surface area (Å²) >= 11 is 3.24. The summed E-state index contributed by atoms with van der Waals surface area (Å²) in [7, 11) is 0. The summed E-state index contributed by atoms with van der Waals surface area (Å²) in [6.45, 7) is 6.27.